The molecule has 0 aliphatic carbocycles. The van der Waals surface area contributed by atoms with E-state index in [9.17, 15) is 4.79 Å². The number of rotatable bonds is 5. The van der Waals surface area contributed by atoms with Crippen molar-refractivity contribution in [1.29, 1.82) is 0 Å². The van der Waals surface area contributed by atoms with Gasteiger partial charge < -0.3 is 19.4 Å². The van der Waals surface area contributed by atoms with E-state index in [-0.39, 0.29) is 5.91 Å². The number of methoxy groups -OCH3 is 2. The molecule has 0 atom stereocenters. The van der Waals surface area contributed by atoms with E-state index >= 15 is 0 Å². The van der Waals surface area contributed by atoms with Gasteiger partial charge >= 0.3 is 0 Å². The number of amides is 1. The third-order valence-corrected chi connectivity index (χ3v) is 4.04. The van der Waals surface area contributed by atoms with Gasteiger partial charge in [0.05, 0.1) is 19.8 Å². The van der Waals surface area contributed by atoms with Crippen LogP contribution >= 0.6 is 0 Å². The van der Waals surface area contributed by atoms with Crippen LogP contribution in [0.15, 0.2) is 48.7 Å². The number of carbonyl (C=O) groups excluding carboxylic acids is 1. The van der Waals surface area contributed by atoms with Gasteiger partial charge in [0.15, 0.2) is 11.5 Å². The van der Waals surface area contributed by atoms with Crippen LogP contribution in [0.5, 0.6) is 11.5 Å². The van der Waals surface area contributed by atoms with Gasteiger partial charge in [-0.1, -0.05) is 24.3 Å². The highest BCUT2D eigenvalue weighted by atomic mass is 16.5. The first kappa shape index (κ1) is 15.9. The number of benzene rings is 2. The molecule has 2 aromatic carbocycles. The van der Waals surface area contributed by atoms with Crippen molar-refractivity contribution in [1.82, 2.24) is 9.88 Å². The molecule has 1 heterocycles. The molecule has 0 radical (unpaired) electrons. The van der Waals surface area contributed by atoms with Crippen LogP contribution in [-0.2, 0) is 13.6 Å². The molecule has 0 saturated carbocycles. The molecule has 5 nitrogen and oxygen atoms in total. The molecule has 0 bridgehead atoms. The van der Waals surface area contributed by atoms with Crippen LogP contribution in [0.2, 0.25) is 0 Å². The minimum Gasteiger partial charge on any atom is -0.493 e. The highest BCUT2D eigenvalue weighted by molar-refractivity contribution is 6.06. The topological polar surface area (TPSA) is 52.5 Å². The van der Waals surface area contributed by atoms with Gasteiger partial charge in [0.25, 0.3) is 5.91 Å². The number of aromatic nitrogens is 1. The average Bonchev–Trinajstić information content (AvgIpc) is 2.96. The van der Waals surface area contributed by atoms with E-state index in [2.05, 4.69) is 5.32 Å². The van der Waals surface area contributed by atoms with Crippen LogP contribution in [-0.4, -0.2) is 24.7 Å². The maximum atomic E-state index is 12.5. The second-order valence-electron chi connectivity index (χ2n) is 5.54. The van der Waals surface area contributed by atoms with Crippen molar-refractivity contribution >= 4 is 16.8 Å². The number of ether oxygens (including phenoxy) is 2. The van der Waals surface area contributed by atoms with Crippen LogP contribution in [0.3, 0.4) is 0 Å². The Morgan fingerprint density at radius 3 is 2.58 bits per heavy atom. The highest BCUT2D eigenvalue weighted by Gasteiger charge is 2.13. The molecule has 0 aliphatic heterocycles. The van der Waals surface area contributed by atoms with Crippen molar-refractivity contribution in [2.24, 2.45) is 7.05 Å². The molecule has 0 fully saturated rings. The first-order valence-corrected chi connectivity index (χ1v) is 7.67. The number of para-hydroxylation sites is 1. The predicted octanol–water partition coefficient (Wildman–Crippen LogP) is 3.13. The SMILES string of the molecule is COc1ccc(CNC(=O)c2cn(C)c3ccccc23)cc1OC. The third-order valence-electron chi connectivity index (χ3n) is 4.04. The van der Waals surface area contributed by atoms with Crippen LogP contribution in [0.1, 0.15) is 15.9 Å². The Hall–Kier alpha value is -2.95. The number of hydrogen-bond acceptors (Lipinski definition) is 3. The Kier molecular flexibility index (Phi) is 4.42. The molecule has 24 heavy (non-hydrogen) atoms. The van der Waals surface area contributed by atoms with Crippen molar-refractivity contribution in [3.63, 3.8) is 0 Å². The molecule has 3 aromatic rings. The molecule has 1 N–H and O–H groups in total. The standard InChI is InChI=1S/C19H20N2O3/c1-21-12-15(14-6-4-5-7-16(14)21)19(22)20-11-13-8-9-17(23-2)18(10-13)24-3/h4-10,12H,11H2,1-3H3,(H,20,22). The Morgan fingerprint density at radius 1 is 1.08 bits per heavy atom. The van der Waals surface area contributed by atoms with E-state index in [0.29, 0.717) is 23.6 Å². The van der Waals surface area contributed by atoms with Crippen LogP contribution in [0, 0.1) is 0 Å². The maximum Gasteiger partial charge on any atom is 0.253 e. The molecular weight excluding hydrogens is 304 g/mol. The summed E-state index contributed by atoms with van der Waals surface area (Å²) in [6.45, 7) is 0.419. The number of aryl methyl sites for hydroxylation is 1. The Bertz CT molecular complexity index is 883. The number of nitrogens with zero attached hydrogens (tertiary/aromatic N) is 1. The average molecular weight is 324 g/mol. The van der Waals surface area contributed by atoms with E-state index in [1.165, 1.54) is 0 Å². The van der Waals surface area contributed by atoms with Gasteiger partial charge in [-0.2, -0.15) is 0 Å². The molecule has 5 heteroatoms. The van der Waals surface area contributed by atoms with Gasteiger partial charge in [0, 0.05) is 30.7 Å². The zero-order valence-corrected chi connectivity index (χ0v) is 14.0. The van der Waals surface area contributed by atoms with Gasteiger partial charge in [-0.05, 0) is 23.8 Å². The van der Waals surface area contributed by atoms with Gasteiger partial charge in [0.1, 0.15) is 0 Å². The molecule has 1 aromatic heterocycles. The molecule has 1 amide bonds. The monoisotopic (exact) mass is 324 g/mol. The van der Waals surface area contributed by atoms with Crippen molar-refractivity contribution in [2.75, 3.05) is 14.2 Å². The molecule has 0 aliphatic rings. The number of fused-ring (bicyclic) bond motifs is 1. The van der Waals surface area contributed by atoms with E-state index < -0.39 is 0 Å². The fourth-order valence-corrected chi connectivity index (χ4v) is 2.79. The summed E-state index contributed by atoms with van der Waals surface area (Å²) in [6, 6.07) is 13.5. The molecule has 0 spiro atoms. The van der Waals surface area contributed by atoms with Crippen molar-refractivity contribution in [3.05, 3.63) is 59.8 Å². The zero-order valence-electron chi connectivity index (χ0n) is 14.0. The molecular formula is C19H20N2O3. The number of hydrogen-bond donors (Lipinski definition) is 1. The lowest BCUT2D eigenvalue weighted by Crippen LogP contribution is -2.22. The lowest BCUT2D eigenvalue weighted by atomic mass is 10.1. The van der Waals surface area contributed by atoms with Gasteiger partial charge in [0.2, 0.25) is 0 Å². The van der Waals surface area contributed by atoms with E-state index in [0.717, 1.165) is 16.5 Å². The fourth-order valence-electron chi connectivity index (χ4n) is 2.79. The summed E-state index contributed by atoms with van der Waals surface area (Å²) in [7, 11) is 5.13. The lowest BCUT2D eigenvalue weighted by molar-refractivity contribution is 0.0952. The van der Waals surface area contributed by atoms with Crippen LogP contribution < -0.4 is 14.8 Å². The summed E-state index contributed by atoms with van der Waals surface area (Å²) in [5.74, 6) is 1.22. The van der Waals surface area contributed by atoms with Gasteiger partial charge in [-0.25, -0.2) is 0 Å². The molecule has 0 saturated heterocycles. The first-order valence-electron chi connectivity index (χ1n) is 7.67. The Morgan fingerprint density at radius 2 is 1.83 bits per heavy atom. The largest absolute Gasteiger partial charge is 0.493 e. The molecule has 0 unspecified atom stereocenters. The van der Waals surface area contributed by atoms with Crippen molar-refractivity contribution in [2.45, 2.75) is 6.54 Å². The van der Waals surface area contributed by atoms with Crippen LogP contribution in [0.25, 0.3) is 10.9 Å². The normalized spacial score (nSPS) is 10.6. The fraction of sp³-hybridized carbons (Fsp3) is 0.211. The minimum atomic E-state index is -0.0958. The second kappa shape index (κ2) is 6.66. The Balaban J connectivity index is 1.78. The van der Waals surface area contributed by atoms with Crippen molar-refractivity contribution < 1.29 is 14.3 Å². The highest BCUT2D eigenvalue weighted by Crippen LogP contribution is 2.27. The summed E-state index contributed by atoms with van der Waals surface area (Å²) in [4.78, 5) is 12.5. The third kappa shape index (κ3) is 2.93. The summed E-state index contributed by atoms with van der Waals surface area (Å²) in [5, 5.41) is 3.91. The van der Waals surface area contributed by atoms with E-state index in [1.54, 1.807) is 14.2 Å². The Labute approximate surface area is 140 Å². The van der Waals surface area contributed by atoms with Crippen LogP contribution in [0.4, 0.5) is 0 Å². The maximum absolute atomic E-state index is 12.5. The molecule has 124 valence electrons. The van der Waals surface area contributed by atoms with E-state index in [1.807, 2.05) is 60.3 Å². The minimum absolute atomic E-state index is 0.0958. The quantitative estimate of drug-likeness (QED) is 0.784. The number of carbonyl (C=O) groups is 1. The summed E-state index contributed by atoms with van der Waals surface area (Å²) >= 11 is 0. The number of nitrogens with one attached hydrogen (secondary N) is 1. The second-order valence-corrected chi connectivity index (χ2v) is 5.54. The van der Waals surface area contributed by atoms with Gasteiger partial charge in [-0.3, -0.25) is 4.79 Å². The zero-order chi connectivity index (χ0) is 17.1. The summed E-state index contributed by atoms with van der Waals surface area (Å²) in [6.07, 6.45) is 1.86. The first-order chi connectivity index (χ1) is 11.6. The molecule has 3 rings (SSSR count). The summed E-state index contributed by atoms with van der Waals surface area (Å²) < 4.78 is 12.5. The lowest BCUT2D eigenvalue weighted by Gasteiger charge is -2.10. The van der Waals surface area contributed by atoms with Gasteiger partial charge in [-0.15, -0.1) is 0 Å². The smallest absolute Gasteiger partial charge is 0.253 e. The van der Waals surface area contributed by atoms with E-state index in [4.69, 9.17) is 9.47 Å². The summed E-state index contributed by atoms with van der Waals surface area (Å²) in [5.41, 5.74) is 2.66. The predicted molar refractivity (Wildman–Crippen MR) is 93.6 cm³/mol. The van der Waals surface area contributed by atoms with Crippen molar-refractivity contribution in [3.8, 4) is 11.5 Å².